The Labute approximate surface area is 185 Å². The summed E-state index contributed by atoms with van der Waals surface area (Å²) in [6.07, 6.45) is 2.77. The summed E-state index contributed by atoms with van der Waals surface area (Å²) in [7, 11) is 0. The second-order valence-electron chi connectivity index (χ2n) is 7.97. The number of urea groups is 1. The summed E-state index contributed by atoms with van der Waals surface area (Å²) >= 11 is 0. The van der Waals surface area contributed by atoms with Gasteiger partial charge in [-0.15, -0.1) is 0 Å². The molecule has 1 aromatic carbocycles. The van der Waals surface area contributed by atoms with Crippen molar-refractivity contribution in [3.8, 4) is 11.5 Å². The number of fused-ring (bicyclic) bond motifs is 1. The third-order valence-electron chi connectivity index (χ3n) is 5.51. The summed E-state index contributed by atoms with van der Waals surface area (Å²) in [5, 5.41) is 5.61. The predicted octanol–water partition coefficient (Wildman–Crippen LogP) is 4.12. The lowest BCUT2D eigenvalue weighted by Gasteiger charge is -2.16. The van der Waals surface area contributed by atoms with Crippen molar-refractivity contribution in [1.82, 2.24) is 15.6 Å². The van der Waals surface area contributed by atoms with Crippen LogP contribution in [0.2, 0.25) is 0 Å². The number of carbonyl (C=O) groups excluding carboxylic acids is 3. The highest BCUT2D eigenvalue weighted by Gasteiger charge is 2.24. The Morgan fingerprint density at radius 1 is 1.12 bits per heavy atom. The molecule has 2 N–H and O–H groups in total. The van der Waals surface area contributed by atoms with Crippen LogP contribution in [0.1, 0.15) is 48.7 Å². The minimum Gasteiger partial charge on any atom is -0.460 e. The van der Waals surface area contributed by atoms with Crippen LogP contribution >= 0.6 is 0 Å². The summed E-state index contributed by atoms with van der Waals surface area (Å²) < 4.78 is 11.0. The minimum absolute atomic E-state index is 0.0764. The number of hydrogen-bond donors (Lipinski definition) is 2. The van der Waals surface area contributed by atoms with E-state index in [0.717, 1.165) is 31.4 Å². The number of imide groups is 1. The normalized spacial score (nSPS) is 14.8. The zero-order valence-corrected chi connectivity index (χ0v) is 18.0. The first-order chi connectivity index (χ1) is 15.4. The van der Waals surface area contributed by atoms with Gasteiger partial charge >= 0.3 is 12.0 Å². The maximum atomic E-state index is 13.0. The molecule has 2 heterocycles. The number of esters is 1. The van der Waals surface area contributed by atoms with E-state index < -0.39 is 24.0 Å². The molecule has 3 aromatic rings. The van der Waals surface area contributed by atoms with E-state index in [9.17, 15) is 14.4 Å². The topological polar surface area (TPSA) is 111 Å². The number of benzene rings is 1. The zero-order chi connectivity index (χ0) is 22.7. The number of para-hydroxylation sites is 1. The van der Waals surface area contributed by atoms with Gasteiger partial charge in [-0.1, -0.05) is 31.0 Å². The Morgan fingerprint density at radius 2 is 1.88 bits per heavy atom. The van der Waals surface area contributed by atoms with Crippen molar-refractivity contribution in [1.29, 1.82) is 0 Å². The number of nitrogens with zero attached hydrogens (tertiary/aromatic N) is 1. The smallest absolute Gasteiger partial charge is 0.339 e. The largest absolute Gasteiger partial charge is 0.460 e. The molecule has 1 fully saturated rings. The van der Waals surface area contributed by atoms with Crippen LogP contribution in [0.3, 0.4) is 0 Å². The number of hydrogen-bond acceptors (Lipinski definition) is 6. The van der Waals surface area contributed by atoms with Gasteiger partial charge in [0.1, 0.15) is 11.5 Å². The first-order valence-corrected chi connectivity index (χ1v) is 10.7. The third kappa shape index (κ3) is 4.80. The van der Waals surface area contributed by atoms with Gasteiger partial charge in [-0.3, -0.25) is 10.1 Å². The Hall–Kier alpha value is -3.68. The molecule has 0 aliphatic heterocycles. The van der Waals surface area contributed by atoms with E-state index in [2.05, 4.69) is 15.6 Å². The van der Waals surface area contributed by atoms with Crippen LogP contribution in [0.4, 0.5) is 4.79 Å². The third-order valence-corrected chi connectivity index (χ3v) is 5.51. The predicted molar refractivity (Wildman–Crippen MR) is 118 cm³/mol. The molecule has 1 atom stereocenters. The van der Waals surface area contributed by atoms with Crippen LogP contribution in [-0.4, -0.2) is 35.0 Å². The van der Waals surface area contributed by atoms with Crippen molar-refractivity contribution in [2.24, 2.45) is 0 Å². The minimum atomic E-state index is -1.15. The number of amides is 3. The first kappa shape index (κ1) is 21.5. The van der Waals surface area contributed by atoms with Gasteiger partial charge in [-0.05, 0) is 51.0 Å². The average Bonchev–Trinajstić information content (AvgIpc) is 3.44. The first-order valence-electron chi connectivity index (χ1n) is 10.7. The van der Waals surface area contributed by atoms with E-state index in [4.69, 9.17) is 9.15 Å². The summed E-state index contributed by atoms with van der Waals surface area (Å²) in [4.78, 5) is 42.0. The van der Waals surface area contributed by atoms with Crippen molar-refractivity contribution in [3.05, 3.63) is 53.8 Å². The lowest BCUT2D eigenvalue weighted by atomic mass is 10.1. The van der Waals surface area contributed by atoms with Crippen LogP contribution in [0, 0.1) is 6.92 Å². The number of carbonyl (C=O) groups is 3. The molecule has 1 unspecified atom stereocenters. The van der Waals surface area contributed by atoms with Gasteiger partial charge in [-0.2, -0.15) is 0 Å². The number of nitrogens with one attached hydrogen (secondary N) is 2. The fourth-order valence-electron chi connectivity index (χ4n) is 3.83. The maximum Gasteiger partial charge on any atom is 0.339 e. The lowest BCUT2D eigenvalue weighted by molar-refractivity contribution is -0.127. The fourth-order valence-corrected chi connectivity index (χ4v) is 3.83. The average molecular weight is 435 g/mol. The van der Waals surface area contributed by atoms with Crippen LogP contribution in [0.15, 0.2) is 46.9 Å². The molecule has 3 amide bonds. The van der Waals surface area contributed by atoms with Crippen molar-refractivity contribution >= 4 is 28.8 Å². The molecule has 8 heteroatoms. The molecule has 1 aliphatic carbocycles. The van der Waals surface area contributed by atoms with E-state index >= 15 is 0 Å². The highest BCUT2D eigenvalue weighted by atomic mass is 16.5. The van der Waals surface area contributed by atoms with Gasteiger partial charge in [0.05, 0.1) is 11.1 Å². The Kier molecular flexibility index (Phi) is 6.20. The fraction of sp³-hybridized carbons (Fsp3) is 0.333. The van der Waals surface area contributed by atoms with E-state index in [1.807, 2.05) is 19.1 Å². The monoisotopic (exact) mass is 435 g/mol. The van der Waals surface area contributed by atoms with Gasteiger partial charge in [0, 0.05) is 11.4 Å². The summed E-state index contributed by atoms with van der Waals surface area (Å²) in [6, 6.07) is 11.8. The highest BCUT2D eigenvalue weighted by Crippen LogP contribution is 2.27. The SMILES string of the molecule is Cc1ccc(-c2cc(C(=O)OC(C)C(=O)NC(=O)NC3CCCC3)c3ccccc3n2)o1. The molecule has 1 saturated carbocycles. The molecular formula is C24H25N3O5. The van der Waals surface area contributed by atoms with Gasteiger partial charge < -0.3 is 14.5 Å². The molecule has 166 valence electrons. The second-order valence-corrected chi connectivity index (χ2v) is 7.97. The van der Waals surface area contributed by atoms with Crippen molar-refractivity contribution < 1.29 is 23.5 Å². The summed E-state index contributed by atoms with van der Waals surface area (Å²) in [5.41, 5.74) is 1.34. The van der Waals surface area contributed by atoms with Crippen molar-refractivity contribution in [3.63, 3.8) is 0 Å². The molecule has 8 nitrogen and oxygen atoms in total. The van der Waals surface area contributed by atoms with Crippen LogP contribution in [-0.2, 0) is 9.53 Å². The molecule has 0 saturated heterocycles. The van der Waals surface area contributed by atoms with Gasteiger partial charge in [0.2, 0.25) is 0 Å². The molecule has 2 aromatic heterocycles. The van der Waals surface area contributed by atoms with Gasteiger partial charge in [0.25, 0.3) is 5.91 Å². The van der Waals surface area contributed by atoms with Crippen molar-refractivity contribution in [2.75, 3.05) is 0 Å². The zero-order valence-electron chi connectivity index (χ0n) is 18.0. The quantitative estimate of drug-likeness (QED) is 0.584. The number of furan rings is 1. The standard InChI is InChI=1S/C24H25N3O5/c1-14-11-12-21(31-14)20-13-18(17-9-5-6-10-19(17)26-20)23(29)32-15(2)22(28)27-24(30)25-16-7-3-4-8-16/h5-6,9-13,15-16H,3-4,7-8H2,1-2H3,(H2,25,27,28,30). The molecule has 0 radical (unpaired) electrons. The number of rotatable bonds is 5. The molecular weight excluding hydrogens is 410 g/mol. The van der Waals surface area contributed by atoms with Gasteiger partial charge in [0.15, 0.2) is 11.9 Å². The van der Waals surface area contributed by atoms with E-state index in [1.54, 1.807) is 30.3 Å². The van der Waals surface area contributed by atoms with Crippen LogP contribution in [0.5, 0.6) is 0 Å². The molecule has 0 bridgehead atoms. The summed E-state index contributed by atoms with van der Waals surface area (Å²) in [6.45, 7) is 3.25. The van der Waals surface area contributed by atoms with E-state index in [1.165, 1.54) is 6.92 Å². The maximum absolute atomic E-state index is 13.0. The molecule has 32 heavy (non-hydrogen) atoms. The summed E-state index contributed by atoms with van der Waals surface area (Å²) in [5.74, 6) is -0.127. The molecule has 4 rings (SSSR count). The van der Waals surface area contributed by atoms with Crippen molar-refractivity contribution in [2.45, 2.75) is 51.7 Å². The molecule has 0 spiro atoms. The second kappa shape index (κ2) is 9.21. The van der Waals surface area contributed by atoms with Crippen LogP contribution < -0.4 is 10.6 Å². The van der Waals surface area contributed by atoms with Gasteiger partial charge in [-0.25, -0.2) is 14.6 Å². The Morgan fingerprint density at radius 3 is 2.59 bits per heavy atom. The number of pyridine rings is 1. The Bertz CT molecular complexity index is 1160. The van der Waals surface area contributed by atoms with E-state index in [-0.39, 0.29) is 11.6 Å². The molecule has 1 aliphatic rings. The number of aryl methyl sites for hydroxylation is 1. The lowest BCUT2D eigenvalue weighted by Crippen LogP contribution is -2.47. The number of aromatic nitrogens is 1. The van der Waals surface area contributed by atoms with Crippen LogP contribution in [0.25, 0.3) is 22.4 Å². The van der Waals surface area contributed by atoms with E-state index in [0.29, 0.717) is 22.4 Å². The Balaban J connectivity index is 1.50. The highest BCUT2D eigenvalue weighted by molar-refractivity contribution is 6.05. The number of ether oxygens (including phenoxy) is 1.